The summed E-state index contributed by atoms with van der Waals surface area (Å²) >= 11 is 0. The summed E-state index contributed by atoms with van der Waals surface area (Å²) < 4.78 is 6.34. The Bertz CT molecular complexity index is 811. The van der Waals surface area contributed by atoms with Crippen molar-refractivity contribution in [2.75, 3.05) is 19.7 Å². The van der Waals surface area contributed by atoms with E-state index in [9.17, 15) is 9.59 Å². The van der Waals surface area contributed by atoms with Crippen LogP contribution in [0.4, 0.5) is 0 Å². The van der Waals surface area contributed by atoms with Gasteiger partial charge in [-0.1, -0.05) is 19.8 Å². The third kappa shape index (κ3) is 4.15. The largest absolute Gasteiger partial charge is 0.462 e. The highest BCUT2D eigenvalue weighted by Crippen LogP contribution is 2.22. The molecule has 0 aromatic carbocycles. The van der Waals surface area contributed by atoms with E-state index in [2.05, 4.69) is 21.9 Å². The number of nitrogens with one attached hydrogen (secondary N) is 1. The predicted molar refractivity (Wildman–Crippen MR) is 99.3 cm³/mol. The molecule has 0 radical (unpaired) electrons. The summed E-state index contributed by atoms with van der Waals surface area (Å²) in [4.78, 5) is 31.4. The van der Waals surface area contributed by atoms with Gasteiger partial charge in [-0.3, -0.25) is 14.8 Å². The number of carbonyl (C=O) groups is 1. The molecule has 0 amide bonds. The lowest BCUT2D eigenvalue weighted by atomic mass is 9.96. The molecule has 1 atom stereocenters. The quantitative estimate of drug-likeness (QED) is 0.801. The molecule has 0 aliphatic carbocycles. The van der Waals surface area contributed by atoms with Crippen LogP contribution in [0.2, 0.25) is 0 Å². The Morgan fingerprint density at radius 3 is 2.96 bits per heavy atom. The van der Waals surface area contributed by atoms with Crippen molar-refractivity contribution >= 4 is 11.6 Å². The van der Waals surface area contributed by atoms with Crippen LogP contribution in [0.1, 0.15) is 62.0 Å². The number of ether oxygens (including phenoxy) is 1. The van der Waals surface area contributed by atoms with E-state index < -0.39 is 5.97 Å². The number of H-pyrrole nitrogens is 1. The zero-order chi connectivity index (χ0) is 18.5. The van der Waals surface area contributed by atoms with Crippen molar-refractivity contribution < 1.29 is 9.53 Å². The number of esters is 1. The van der Waals surface area contributed by atoms with E-state index in [0.717, 1.165) is 19.0 Å². The van der Waals surface area contributed by atoms with Gasteiger partial charge in [0, 0.05) is 18.8 Å². The molecule has 1 fully saturated rings. The van der Waals surface area contributed by atoms with Crippen molar-refractivity contribution in [2.24, 2.45) is 5.92 Å². The second kappa shape index (κ2) is 8.49. The van der Waals surface area contributed by atoms with Gasteiger partial charge in [0.1, 0.15) is 5.56 Å². The van der Waals surface area contributed by atoms with Crippen LogP contribution in [0.3, 0.4) is 0 Å². The summed E-state index contributed by atoms with van der Waals surface area (Å²) in [5.41, 5.74) is 1.13. The van der Waals surface area contributed by atoms with Gasteiger partial charge in [-0.2, -0.15) is 0 Å². The van der Waals surface area contributed by atoms with E-state index in [0.29, 0.717) is 23.4 Å². The molecule has 1 aliphatic heterocycles. The van der Waals surface area contributed by atoms with Crippen molar-refractivity contribution in [1.29, 1.82) is 0 Å². The molecule has 0 saturated carbocycles. The van der Waals surface area contributed by atoms with E-state index in [1.807, 2.05) is 0 Å². The van der Waals surface area contributed by atoms with E-state index in [1.54, 1.807) is 13.0 Å². The standard InChI is InChI=1S/C19H28N4O3/c1-3-6-14-7-5-9-22(10-8-14)13-15-11-17(24)23-18(21-15)16(12-20-23)19(25)26-4-2/h11-12,14,20H,3-10,13H2,1-2H3. The van der Waals surface area contributed by atoms with Gasteiger partial charge in [-0.25, -0.2) is 14.3 Å². The molecule has 1 N–H and O–H groups in total. The van der Waals surface area contributed by atoms with Crippen molar-refractivity contribution in [3.05, 3.63) is 33.9 Å². The number of fused-ring (bicyclic) bond motifs is 1. The first-order valence-electron chi connectivity index (χ1n) is 9.61. The molecule has 3 rings (SSSR count). The molecule has 7 heteroatoms. The monoisotopic (exact) mass is 360 g/mol. The smallest absolute Gasteiger partial charge is 0.343 e. The maximum atomic E-state index is 12.4. The van der Waals surface area contributed by atoms with Crippen molar-refractivity contribution in [1.82, 2.24) is 19.5 Å². The van der Waals surface area contributed by atoms with Crippen molar-refractivity contribution in [3.63, 3.8) is 0 Å². The maximum Gasteiger partial charge on any atom is 0.343 e. The van der Waals surface area contributed by atoms with Gasteiger partial charge in [-0.05, 0) is 45.2 Å². The zero-order valence-corrected chi connectivity index (χ0v) is 15.7. The highest BCUT2D eigenvalue weighted by Gasteiger charge is 2.19. The van der Waals surface area contributed by atoms with E-state index in [-0.39, 0.29) is 12.2 Å². The second-order valence-electron chi connectivity index (χ2n) is 7.01. The van der Waals surface area contributed by atoms with E-state index in [4.69, 9.17) is 4.74 Å². The Hall–Kier alpha value is -2.15. The first-order valence-corrected chi connectivity index (χ1v) is 9.61. The van der Waals surface area contributed by atoms with E-state index in [1.165, 1.54) is 42.8 Å². The van der Waals surface area contributed by atoms with Crippen molar-refractivity contribution in [2.45, 2.75) is 52.5 Å². The summed E-state index contributed by atoms with van der Waals surface area (Å²) in [6.45, 7) is 6.98. The molecule has 3 heterocycles. The third-order valence-electron chi connectivity index (χ3n) is 5.07. The molecular formula is C19H28N4O3. The Balaban J connectivity index is 1.79. The number of rotatable bonds is 6. The number of aromatic amines is 1. The van der Waals surface area contributed by atoms with Gasteiger partial charge < -0.3 is 4.74 Å². The molecule has 142 valence electrons. The number of likely N-dealkylation sites (tertiary alicyclic amines) is 1. The highest BCUT2D eigenvalue weighted by molar-refractivity contribution is 5.95. The Morgan fingerprint density at radius 1 is 1.35 bits per heavy atom. The second-order valence-corrected chi connectivity index (χ2v) is 7.01. The summed E-state index contributed by atoms with van der Waals surface area (Å²) in [6.07, 6.45) is 7.68. The SMILES string of the molecule is CCCC1CCCN(Cc2cc(=O)n3[nH]cc(C(=O)OCC)c3n2)CC1. The lowest BCUT2D eigenvalue weighted by Crippen LogP contribution is -2.26. The summed E-state index contributed by atoms with van der Waals surface area (Å²) in [5.74, 6) is 0.346. The average Bonchev–Trinajstić information content (AvgIpc) is 2.92. The minimum Gasteiger partial charge on any atom is -0.462 e. The third-order valence-corrected chi connectivity index (χ3v) is 5.07. The molecule has 0 spiro atoms. The van der Waals surface area contributed by atoms with Gasteiger partial charge in [0.05, 0.1) is 12.3 Å². The van der Waals surface area contributed by atoms with Crippen molar-refractivity contribution in [3.8, 4) is 0 Å². The van der Waals surface area contributed by atoms with Crippen LogP contribution < -0.4 is 5.56 Å². The zero-order valence-electron chi connectivity index (χ0n) is 15.7. The molecule has 1 aliphatic rings. The average molecular weight is 360 g/mol. The first kappa shape index (κ1) is 18.6. The Kier molecular flexibility index (Phi) is 6.08. The number of hydrogen-bond acceptors (Lipinski definition) is 5. The lowest BCUT2D eigenvalue weighted by molar-refractivity contribution is 0.0528. The van der Waals surface area contributed by atoms with Crippen LogP contribution in [0.5, 0.6) is 0 Å². The molecular weight excluding hydrogens is 332 g/mol. The molecule has 0 bridgehead atoms. The van der Waals surface area contributed by atoms with Crippen LogP contribution in [0.25, 0.3) is 5.65 Å². The predicted octanol–water partition coefficient (Wildman–Crippen LogP) is 2.60. The summed E-state index contributed by atoms with van der Waals surface area (Å²) in [5, 5.41) is 2.78. The molecule has 1 saturated heterocycles. The number of aromatic nitrogens is 3. The fraction of sp³-hybridized carbons (Fsp3) is 0.632. The molecule has 2 aromatic heterocycles. The molecule has 26 heavy (non-hydrogen) atoms. The summed E-state index contributed by atoms with van der Waals surface area (Å²) in [6, 6.07) is 1.55. The Morgan fingerprint density at radius 2 is 2.19 bits per heavy atom. The van der Waals surface area contributed by atoms with Crippen LogP contribution in [-0.2, 0) is 11.3 Å². The van der Waals surface area contributed by atoms with E-state index >= 15 is 0 Å². The number of hydrogen-bond donors (Lipinski definition) is 1. The lowest BCUT2D eigenvalue weighted by Gasteiger charge is -2.19. The number of nitrogens with zero attached hydrogens (tertiary/aromatic N) is 3. The minimum atomic E-state index is -0.465. The summed E-state index contributed by atoms with van der Waals surface area (Å²) in [7, 11) is 0. The van der Waals surface area contributed by atoms with Crippen LogP contribution in [-0.4, -0.2) is 45.2 Å². The van der Waals surface area contributed by atoms with Gasteiger partial charge in [0.15, 0.2) is 5.65 Å². The van der Waals surface area contributed by atoms with Crippen LogP contribution in [0.15, 0.2) is 17.1 Å². The molecule has 2 aromatic rings. The van der Waals surface area contributed by atoms with Gasteiger partial charge in [0.2, 0.25) is 0 Å². The minimum absolute atomic E-state index is 0.209. The first-order chi connectivity index (χ1) is 12.6. The van der Waals surface area contributed by atoms with Gasteiger partial charge >= 0.3 is 5.97 Å². The Labute approximate surface area is 153 Å². The fourth-order valence-corrected chi connectivity index (χ4v) is 3.78. The number of carbonyl (C=O) groups excluding carboxylic acids is 1. The topological polar surface area (TPSA) is 79.7 Å². The maximum absolute atomic E-state index is 12.4. The molecule has 7 nitrogen and oxygen atoms in total. The van der Waals surface area contributed by atoms with Crippen LogP contribution >= 0.6 is 0 Å². The van der Waals surface area contributed by atoms with Crippen LogP contribution in [0, 0.1) is 5.92 Å². The van der Waals surface area contributed by atoms with Gasteiger partial charge in [0.25, 0.3) is 5.56 Å². The van der Waals surface area contributed by atoms with Gasteiger partial charge in [-0.15, -0.1) is 0 Å². The fourth-order valence-electron chi connectivity index (χ4n) is 3.78. The highest BCUT2D eigenvalue weighted by atomic mass is 16.5. The molecule has 1 unspecified atom stereocenters. The normalized spacial score (nSPS) is 18.8.